The average molecular weight is 399 g/mol. The lowest BCUT2D eigenvalue weighted by atomic mass is 10.1. The third-order valence-corrected chi connectivity index (χ3v) is 4.08. The van der Waals surface area contributed by atoms with Crippen LogP contribution in [0.4, 0.5) is 24.5 Å². The molecule has 27 heavy (non-hydrogen) atoms. The molecule has 0 saturated carbocycles. The van der Waals surface area contributed by atoms with E-state index in [-0.39, 0.29) is 5.69 Å². The van der Waals surface area contributed by atoms with E-state index in [1.165, 1.54) is 13.0 Å². The van der Waals surface area contributed by atoms with Crippen LogP contribution in [0.3, 0.4) is 0 Å². The number of nitrogens with zero attached hydrogens (tertiary/aromatic N) is 1. The molecule has 0 radical (unpaired) electrons. The van der Waals surface area contributed by atoms with Crippen molar-refractivity contribution in [2.75, 3.05) is 16.8 Å². The Labute approximate surface area is 159 Å². The molecule has 2 aromatic rings. The molecule has 0 fully saturated rings. The predicted molar refractivity (Wildman–Crippen MR) is 99.0 cm³/mol. The maximum absolute atomic E-state index is 13.1. The molecule has 0 aliphatic carbocycles. The fraction of sp³-hybridized carbons (Fsp3) is 0.263. The number of hydrogen-bond donors (Lipinski definition) is 1. The highest BCUT2D eigenvalue weighted by Gasteiger charge is 2.34. The standard InChI is InChI=1S/C19H18ClF3N2O2/c1-11-6-12(2)8-14(7-11)24-18(27)10-25(13(3)26)15-4-5-17(20)16(9-15)19(21,22)23/h4-9H,10H2,1-3H3,(H,24,27). The summed E-state index contributed by atoms with van der Waals surface area (Å²) < 4.78 is 39.2. The summed E-state index contributed by atoms with van der Waals surface area (Å²) in [5, 5.41) is 2.18. The van der Waals surface area contributed by atoms with Crippen LogP contribution in [-0.4, -0.2) is 18.4 Å². The predicted octanol–water partition coefficient (Wildman–Crippen LogP) is 4.97. The van der Waals surface area contributed by atoms with Crippen LogP contribution in [0, 0.1) is 13.8 Å². The Bertz CT molecular complexity index is 861. The van der Waals surface area contributed by atoms with E-state index in [0.717, 1.165) is 28.2 Å². The lowest BCUT2D eigenvalue weighted by Gasteiger charge is -2.22. The smallest absolute Gasteiger partial charge is 0.325 e. The molecule has 2 rings (SSSR count). The van der Waals surface area contributed by atoms with Crippen LogP contribution in [0.15, 0.2) is 36.4 Å². The van der Waals surface area contributed by atoms with Gasteiger partial charge in [-0.3, -0.25) is 9.59 Å². The lowest BCUT2D eigenvalue weighted by Crippen LogP contribution is -2.36. The molecule has 0 atom stereocenters. The molecule has 0 saturated heterocycles. The molecule has 144 valence electrons. The van der Waals surface area contributed by atoms with E-state index in [1.54, 1.807) is 12.1 Å². The summed E-state index contributed by atoms with van der Waals surface area (Å²) in [5.74, 6) is -1.10. The maximum Gasteiger partial charge on any atom is 0.417 e. The number of halogens is 4. The third kappa shape index (κ3) is 5.47. The second kappa shape index (κ2) is 8.00. The van der Waals surface area contributed by atoms with Crippen LogP contribution in [0.25, 0.3) is 0 Å². The molecule has 0 aliphatic heterocycles. The summed E-state index contributed by atoms with van der Waals surface area (Å²) >= 11 is 5.61. The van der Waals surface area contributed by atoms with E-state index in [1.807, 2.05) is 19.9 Å². The quantitative estimate of drug-likeness (QED) is 0.790. The molecule has 4 nitrogen and oxygen atoms in total. The summed E-state index contributed by atoms with van der Waals surface area (Å²) in [7, 11) is 0. The van der Waals surface area contributed by atoms with Gasteiger partial charge in [0.25, 0.3) is 0 Å². The van der Waals surface area contributed by atoms with Gasteiger partial charge in [0, 0.05) is 18.3 Å². The Morgan fingerprint density at radius 1 is 1.07 bits per heavy atom. The van der Waals surface area contributed by atoms with Crippen LogP contribution in [0.2, 0.25) is 5.02 Å². The van der Waals surface area contributed by atoms with E-state index < -0.39 is 35.1 Å². The summed E-state index contributed by atoms with van der Waals surface area (Å²) in [4.78, 5) is 25.2. The van der Waals surface area contributed by atoms with E-state index in [2.05, 4.69) is 5.32 Å². The number of amides is 2. The molecule has 2 amide bonds. The molecule has 0 spiro atoms. The monoisotopic (exact) mass is 398 g/mol. The van der Waals surface area contributed by atoms with Crippen molar-refractivity contribution in [1.29, 1.82) is 0 Å². The van der Waals surface area contributed by atoms with Gasteiger partial charge in [0.15, 0.2) is 0 Å². The highest BCUT2D eigenvalue weighted by atomic mass is 35.5. The Morgan fingerprint density at radius 2 is 1.67 bits per heavy atom. The van der Waals surface area contributed by atoms with Crippen molar-refractivity contribution in [3.05, 3.63) is 58.1 Å². The van der Waals surface area contributed by atoms with Gasteiger partial charge in [-0.05, 0) is 55.3 Å². The van der Waals surface area contributed by atoms with Crippen LogP contribution < -0.4 is 10.2 Å². The molecule has 1 N–H and O–H groups in total. The summed E-state index contributed by atoms with van der Waals surface area (Å²) in [6.07, 6.45) is -4.67. The first-order valence-corrected chi connectivity index (χ1v) is 8.38. The second-order valence-electron chi connectivity index (χ2n) is 6.19. The molecular formula is C19H18ClF3N2O2. The summed E-state index contributed by atoms with van der Waals surface area (Å²) in [6.45, 7) is 4.49. The molecule has 0 aromatic heterocycles. The van der Waals surface area contributed by atoms with Crippen molar-refractivity contribution in [2.24, 2.45) is 0 Å². The van der Waals surface area contributed by atoms with Crippen LogP contribution >= 0.6 is 11.6 Å². The van der Waals surface area contributed by atoms with Crippen molar-refractivity contribution in [3.63, 3.8) is 0 Å². The maximum atomic E-state index is 13.1. The zero-order valence-electron chi connectivity index (χ0n) is 14.9. The van der Waals surface area contributed by atoms with Gasteiger partial charge in [-0.25, -0.2) is 0 Å². The van der Waals surface area contributed by atoms with E-state index in [0.29, 0.717) is 5.69 Å². The van der Waals surface area contributed by atoms with E-state index in [4.69, 9.17) is 11.6 Å². The van der Waals surface area contributed by atoms with Crippen molar-refractivity contribution in [1.82, 2.24) is 0 Å². The minimum Gasteiger partial charge on any atom is -0.325 e. The molecule has 0 bridgehead atoms. The number of carbonyl (C=O) groups is 2. The number of carbonyl (C=O) groups excluding carboxylic acids is 2. The molecule has 2 aromatic carbocycles. The number of alkyl halides is 3. The minimum atomic E-state index is -4.67. The van der Waals surface area contributed by atoms with Crippen LogP contribution in [0.5, 0.6) is 0 Å². The van der Waals surface area contributed by atoms with Crippen LogP contribution in [0.1, 0.15) is 23.6 Å². The van der Waals surface area contributed by atoms with Gasteiger partial charge in [-0.2, -0.15) is 13.2 Å². The minimum absolute atomic E-state index is 0.0604. The van der Waals surface area contributed by atoms with Gasteiger partial charge in [0.2, 0.25) is 11.8 Å². The number of hydrogen-bond acceptors (Lipinski definition) is 2. The van der Waals surface area contributed by atoms with Crippen molar-refractivity contribution in [3.8, 4) is 0 Å². The van der Waals surface area contributed by atoms with Gasteiger partial charge in [0.1, 0.15) is 6.54 Å². The van der Waals surface area contributed by atoms with Gasteiger partial charge < -0.3 is 10.2 Å². The molecule has 8 heteroatoms. The zero-order chi connectivity index (χ0) is 20.4. The topological polar surface area (TPSA) is 49.4 Å². The number of nitrogens with one attached hydrogen (secondary N) is 1. The molecular weight excluding hydrogens is 381 g/mol. The Balaban J connectivity index is 2.25. The first kappa shape index (κ1) is 20.8. The first-order chi connectivity index (χ1) is 12.5. The van der Waals surface area contributed by atoms with Crippen molar-refractivity contribution < 1.29 is 22.8 Å². The van der Waals surface area contributed by atoms with Gasteiger partial charge in [-0.15, -0.1) is 0 Å². The summed E-state index contributed by atoms with van der Waals surface area (Å²) in [5.41, 5.74) is 1.31. The fourth-order valence-corrected chi connectivity index (χ4v) is 2.90. The van der Waals surface area contributed by atoms with Crippen LogP contribution in [-0.2, 0) is 15.8 Å². The molecule has 0 aliphatic rings. The van der Waals surface area contributed by atoms with Gasteiger partial charge >= 0.3 is 6.18 Å². The highest BCUT2D eigenvalue weighted by Crippen LogP contribution is 2.37. The summed E-state index contributed by atoms with van der Waals surface area (Å²) in [6, 6.07) is 8.53. The third-order valence-electron chi connectivity index (χ3n) is 3.75. The Hall–Kier alpha value is -2.54. The largest absolute Gasteiger partial charge is 0.417 e. The number of benzene rings is 2. The number of aryl methyl sites for hydroxylation is 2. The number of anilines is 2. The Morgan fingerprint density at radius 3 is 2.19 bits per heavy atom. The second-order valence-corrected chi connectivity index (χ2v) is 6.60. The fourth-order valence-electron chi connectivity index (χ4n) is 2.67. The van der Waals surface area contributed by atoms with Gasteiger partial charge in [0.05, 0.1) is 10.6 Å². The normalized spacial score (nSPS) is 11.2. The van der Waals surface area contributed by atoms with Crippen molar-refractivity contribution in [2.45, 2.75) is 26.9 Å². The first-order valence-electron chi connectivity index (χ1n) is 8.00. The molecule has 0 heterocycles. The van der Waals surface area contributed by atoms with Gasteiger partial charge in [-0.1, -0.05) is 17.7 Å². The average Bonchev–Trinajstić information content (AvgIpc) is 2.51. The highest BCUT2D eigenvalue weighted by molar-refractivity contribution is 6.31. The molecule has 0 unspecified atom stereocenters. The SMILES string of the molecule is CC(=O)N(CC(=O)Nc1cc(C)cc(C)c1)c1ccc(Cl)c(C(F)(F)F)c1. The number of rotatable bonds is 4. The zero-order valence-corrected chi connectivity index (χ0v) is 15.7. The van der Waals surface area contributed by atoms with E-state index in [9.17, 15) is 22.8 Å². The Kier molecular flexibility index (Phi) is 6.15. The lowest BCUT2D eigenvalue weighted by molar-refractivity contribution is -0.137. The van der Waals surface area contributed by atoms with E-state index >= 15 is 0 Å². The van der Waals surface area contributed by atoms with Crippen molar-refractivity contribution >= 4 is 34.8 Å².